The first-order valence-corrected chi connectivity index (χ1v) is 11.1. The summed E-state index contributed by atoms with van der Waals surface area (Å²) in [5.41, 5.74) is 2.82. The van der Waals surface area contributed by atoms with E-state index in [4.69, 9.17) is 9.29 Å². The summed E-state index contributed by atoms with van der Waals surface area (Å²) in [5.74, 6) is 0.413. The van der Waals surface area contributed by atoms with Crippen molar-refractivity contribution in [1.29, 1.82) is 0 Å². The molecule has 13 heteroatoms. The molecule has 0 bridgehead atoms. The van der Waals surface area contributed by atoms with Crippen LogP contribution in [0.4, 0.5) is 5.82 Å². The molecule has 1 fully saturated rings. The van der Waals surface area contributed by atoms with Crippen molar-refractivity contribution in [3.63, 3.8) is 0 Å². The number of nitrogens with one attached hydrogen (secondary N) is 2. The van der Waals surface area contributed by atoms with Gasteiger partial charge in [-0.3, -0.25) is 9.12 Å². The number of aliphatic hydroxyl groups excluding tert-OH is 3. The molecule has 5 rings (SSSR count). The monoisotopic (exact) mass is 462 g/mol. The lowest BCUT2D eigenvalue weighted by molar-refractivity contribution is -0.0330. The molecular formula is C19H22N6O6S. The van der Waals surface area contributed by atoms with Gasteiger partial charge in [-0.1, -0.05) is 24.3 Å². The minimum atomic E-state index is -2.27. The number of imidazole rings is 1. The minimum Gasteiger partial charge on any atom is -0.390 e. The van der Waals surface area contributed by atoms with Crippen molar-refractivity contribution >= 4 is 28.2 Å². The number of hydrogen-bond donors (Lipinski definition) is 6. The lowest BCUT2D eigenvalue weighted by atomic mass is 10.1. The molecular weight excluding hydrogens is 440 g/mol. The number of nitrogens with zero attached hydrogens (tertiary/aromatic N) is 4. The van der Waals surface area contributed by atoms with E-state index in [2.05, 4.69) is 25.0 Å². The van der Waals surface area contributed by atoms with Crippen LogP contribution in [0.1, 0.15) is 23.4 Å². The Balaban J connectivity index is 1.42. The fraction of sp³-hybridized carbons (Fsp3) is 0.421. The number of aliphatic hydroxyl groups is 3. The number of rotatable bonds is 6. The van der Waals surface area contributed by atoms with Gasteiger partial charge in [-0.2, -0.15) is 0 Å². The topological polar surface area (TPSA) is 175 Å². The maximum absolute atomic E-state index is 10.9. The van der Waals surface area contributed by atoms with Gasteiger partial charge >= 0.3 is 0 Å². The van der Waals surface area contributed by atoms with Crippen molar-refractivity contribution in [3.05, 3.63) is 48.0 Å². The van der Waals surface area contributed by atoms with E-state index in [0.717, 1.165) is 11.1 Å². The van der Waals surface area contributed by atoms with Gasteiger partial charge in [-0.05, 0) is 11.1 Å². The number of anilines is 1. The van der Waals surface area contributed by atoms with Crippen LogP contribution >= 0.6 is 0 Å². The first kappa shape index (κ1) is 21.3. The molecule has 1 unspecified atom stereocenters. The lowest BCUT2D eigenvalue weighted by Crippen LogP contribution is -2.38. The maximum Gasteiger partial charge on any atom is 0.231 e. The van der Waals surface area contributed by atoms with Gasteiger partial charge < -0.3 is 25.4 Å². The Morgan fingerprint density at radius 1 is 1.16 bits per heavy atom. The molecule has 1 aromatic carbocycles. The van der Waals surface area contributed by atoms with Gasteiger partial charge in [0.15, 0.2) is 23.2 Å². The normalized spacial score (nSPS) is 30.5. The molecule has 0 amide bonds. The largest absolute Gasteiger partial charge is 0.390 e. The fourth-order valence-corrected chi connectivity index (χ4v) is 4.63. The van der Waals surface area contributed by atoms with Crippen LogP contribution in [0, 0.1) is 0 Å². The quantitative estimate of drug-likeness (QED) is 0.256. The summed E-state index contributed by atoms with van der Waals surface area (Å²) in [6.07, 6.45) is -1.84. The fourth-order valence-electron chi connectivity index (χ4n) is 4.32. The summed E-state index contributed by atoms with van der Waals surface area (Å²) < 4.78 is 29.2. The second kappa shape index (κ2) is 8.44. The highest BCUT2D eigenvalue weighted by atomic mass is 32.2. The van der Waals surface area contributed by atoms with E-state index in [9.17, 15) is 19.5 Å². The number of hydrogen-bond acceptors (Lipinski definition) is 9. The zero-order chi connectivity index (χ0) is 22.4. The zero-order valence-electron chi connectivity index (χ0n) is 16.6. The molecule has 2 aliphatic rings. The highest BCUT2D eigenvalue weighted by Gasteiger charge is 2.44. The molecule has 0 radical (unpaired) electrons. The van der Waals surface area contributed by atoms with Crippen molar-refractivity contribution in [2.75, 3.05) is 11.9 Å². The maximum atomic E-state index is 10.9. The molecule has 1 aliphatic carbocycles. The average Bonchev–Trinajstić information content (AvgIpc) is 3.42. The average molecular weight is 462 g/mol. The molecule has 170 valence electrons. The molecule has 0 spiro atoms. The molecule has 7 atom stereocenters. The molecule has 6 N–H and O–H groups in total. The van der Waals surface area contributed by atoms with Crippen LogP contribution in [0.2, 0.25) is 0 Å². The third-order valence-electron chi connectivity index (χ3n) is 5.87. The Morgan fingerprint density at radius 3 is 2.78 bits per heavy atom. The summed E-state index contributed by atoms with van der Waals surface area (Å²) in [6.45, 7) is -0.134. The van der Waals surface area contributed by atoms with Gasteiger partial charge in [0.1, 0.15) is 24.6 Å². The van der Waals surface area contributed by atoms with Gasteiger partial charge in [0.25, 0.3) is 0 Å². The zero-order valence-corrected chi connectivity index (χ0v) is 17.5. The smallest absolute Gasteiger partial charge is 0.231 e. The van der Waals surface area contributed by atoms with Crippen LogP contribution in [0.25, 0.3) is 11.2 Å². The molecule has 3 aromatic rings. The van der Waals surface area contributed by atoms with Crippen LogP contribution in [0.15, 0.2) is 36.9 Å². The predicted molar refractivity (Wildman–Crippen MR) is 113 cm³/mol. The van der Waals surface area contributed by atoms with Crippen molar-refractivity contribution < 1.29 is 28.8 Å². The standard InChI is InChI=1S/C19H22N6O6S/c26-11-5-9-3-1-2-4-10(9)13(11)24-17-14-18(21-7-20-17)25(8-22-14)19-16(28)15(27)12(31-19)6-23-32(29)30/h1-4,7-8,11-13,15-16,19,23,26-28H,5-6H2,(H,29,30)(H,20,21,24)/t11-,12+,13+,15+,16+,19+/m0/s1. The van der Waals surface area contributed by atoms with Crippen LogP contribution in [-0.4, -0.2) is 74.6 Å². The van der Waals surface area contributed by atoms with E-state index in [1.54, 1.807) is 0 Å². The molecule has 2 aromatic heterocycles. The highest BCUT2D eigenvalue weighted by molar-refractivity contribution is 7.77. The first-order chi connectivity index (χ1) is 15.4. The predicted octanol–water partition coefficient (Wildman–Crippen LogP) is -0.758. The van der Waals surface area contributed by atoms with Crippen LogP contribution in [0.5, 0.6) is 0 Å². The number of ether oxygens (including phenoxy) is 1. The van der Waals surface area contributed by atoms with Crippen LogP contribution in [0.3, 0.4) is 0 Å². The van der Waals surface area contributed by atoms with Gasteiger partial charge in [-0.15, -0.1) is 0 Å². The Morgan fingerprint density at radius 2 is 1.97 bits per heavy atom. The third-order valence-corrected chi connectivity index (χ3v) is 6.29. The van der Waals surface area contributed by atoms with Crippen molar-refractivity contribution in [1.82, 2.24) is 24.2 Å². The highest BCUT2D eigenvalue weighted by Crippen LogP contribution is 2.36. The van der Waals surface area contributed by atoms with Crippen LogP contribution in [-0.2, 0) is 22.4 Å². The van der Waals surface area contributed by atoms with Gasteiger partial charge in [0.05, 0.1) is 18.5 Å². The number of aromatic nitrogens is 4. The van der Waals surface area contributed by atoms with E-state index in [0.29, 0.717) is 23.4 Å². The lowest BCUT2D eigenvalue weighted by Gasteiger charge is -2.19. The minimum absolute atomic E-state index is 0.134. The van der Waals surface area contributed by atoms with E-state index in [1.807, 2.05) is 24.3 Å². The number of fused-ring (bicyclic) bond motifs is 2. The second-order valence-electron chi connectivity index (χ2n) is 7.78. The van der Waals surface area contributed by atoms with Crippen molar-refractivity contribution in [3.8, 4) is 0 Å². The summed E-state index contributed by atoms with van der Waals surface area (Å²) >= 11 is -2.27. The number of benzene rings is 1. The van der Waals surface area contributed by atoms with Gasteiger partial charge in [0.2, 0.25) is 11.3 Å². The Kier molecular flexibility index (Phi) is 5.63. The molecule has 3 heterocycles. The molecule has 32 heavy (non-hydrogen) atoms. The molecule has 12 nitrogen and oxygen atoms in total. The summed E-state index contributed by atoms with van der Waals surface area (Å²) in [7, 11) is 0. The summed E-state index contributed by atoms with van der Waals surface area (Å²) in [6, 6.07) is 7.42. The Labute approximate surface area is 184 Å². The molecule has 0 saturated carbocycles. The van der Waals surface area contributed by atoms with Crippen molar-refractivity contribution in [2.24, 2.45) is 0 Å². The Hall–Kier alpha value is -2.52. The summed E-state index contributed by atoms with van der Waals surface area (Å²) in [5, 5.41) is 34.6. The molecule has 1 saturated heterocycles. The van der Waals surface area contributed by atoms with E-state index < -0.39 is 41.9 Å². The van der Waals surface area contributed by atoms with Crippen molar-refractivity contribution in [2.45, 2.75) is 43.1 Å². The second-order valence-corrected chi connectivity index (χ2v) is 8.57. The van der Waals surface area contributed by atoms with E-state index >= 15 is 0 Å². The SMILES string of the molecule is O=S(O)NC[C@H]1O[C@@H](n2cnc3c(N[C@@H]4c5ccccc5C[C@@H]4O)ncnc32)[C@H](O)[C@@H]1O. The first-order valence-electron chi connectivity index (χ1n) is 10.00. The van der Waals surface area contributed by atoms with Crippen LogP contribution < -0.4 is 10.0 Å². The summed E-state index contributed by atoms with van der Waals surface area (Å²) in [4.78, 5) is 12.9. The van der Waals surface area contributed by atoms with E-state index in [-0.39, 0.29) is 12.6 Å². The third kappa shape index (κ3) is 3.67. The van der Waals surface area contributed by atoms with Gasteiger partial charge in [-0.25, -0.2) is 23.9 Å². The van der Waals surface area contributed by atoms with Gasteiger partial charge in [0, 0.05) is 13.0 Å². The van der Waals surface area contributed by atoms with E-state index in [1.165, 1.54) is 17.2 Å². The Bertz CT molecular complexity index is 1160. The molecule has 1 aliphatic heterocycles.